The van der Waals surface area contributed by atoms with Gasteiger partial charge in [-0.2, -0.15) is 0 Å². The summed E-state index contributed by atoms with van der Waals surface area (Å²) in [4.78, 5) is 21.2. The van der Waals surface area contributed by atoms with Crippen LogP contribution in [0.1, 0.15) is 31.8 Å². The van der Waals surface area contributed by atoms with Crippen LogP contribution in [0.25, 0.3) is 0 Å². The molecule has 0 N–H and O–H groups in total. The molecule has 0 atom stereocenters. The monoisotopic (exact) mass is 206 g/mol. The standard InChI is InChI=1S/C10H10O4.2Li/c1-5-3-8(10(13)14)6(2)4-7(5)9(11)12;;/h3-4H,1-2H3,(H,11,12)(H,13,14);;/q;2*+1/p-2. The van der Waals surface area contributed by atoms with Crippen LogP contribution in [0.2, 0.25) is 0 Å². The molecule has 0 heterocycles. The summed E-state index contributed by atoms with van der Waals surface area (Å²) in [5.41, 5.74) is 0.726. The van der Waals surface area contributed by atoms with Gasteiger partial charge in [-0.3, -0.25) is 0 Å². The molecule has 0 unspecified atom stereocenters. The summed E-state index contributed by atoms with van der Waals surface area (Å²) < 4.78 is 0. The quantitative estimate of drug-likeness (QED) is 0.450. The molecule has 0 saturated carbocycles. The zero-order chi connectivity index (χ0) is 10.9. The van der Waals surface area contributed by atoms with Gasteiger partial charge in [0.25, 0.3) is 0 Å². The van der Waals surface area contributed by atoms with Crippen molar-refractivity contribution in [2.75, 3.05) is 0 Å². The van der Waals surface area contributed by atoms with E-state index >= 15 is 0 Å². The van der Waals surface area contributed by atoms with Gasteiger partial charge in [0.1, 0.15) is 0 Å². The Hall–Kier alpha value is -0.645. The van der Waals surface area contributed by atoms with Crippen molar-refractivity contribution in [3.05, 3.63) is 34.4 Å². The van der Waals surface area contributed by atoms with Gasteiger partial charge in [-0.1, -0.05) is 0 Å². The number of benzene rings is 1. The van der Waals surface area contributed by atoms with Crippen LogP contribution in [0.4, 0.5) is 0 Å². The number of rotatable bonds is 2. The summed E-state index contributed by atoms with van der Waals surface area (Å²) in [6.07, 6.45) is 0. The second kappa shape index (κ2) is 6.83. The fraction of sp³-hybridized carbons (Fsp3) is 0.200. The predicted molar refractivity (Wildman–Crippen MR) is 44.6 cm³/mol. The van der Waals surface area contributed by atoms with E-state index in [1.54, 1.807) is 0 Å². The summed E-state index contributed by atoms with van der Waals surface area (Å²) in [6.45, 7) is 3.02. The fourth-order valence-corrected chi connectivity index (χ4v) is 1.26. The third kappa shape index (κ3) is 3.74. The van der Waals surface area contributed by atoms with Gasteiger partial charge in [0.2, 0.25) is 0 Å². The van der Waals surface area contributed by atoms with Crippen molar-refractivity contribution in [1.82, 2.24) is 0 Å². The molecule has 16 heavy (non-hydrogen) atoms. The number of hydrogen-bond donors (Lipinski definition) is 0. The first-order valence-corrected chi connectivity index (χ1v) is 3.97. The number of carbonyl (C=O) groups excluding carboxylic acids is 2. The Morgan fingerprint density at radius 3 is 1.31 bits per heavy atom. The van der Waals surface area contributed by atoms with Crippen molar-refractivity contribution in [1.29, 1.82) is 0 Å². The number of aromatic carboxylic acids is 2. The second-order valence-electron chi connectivity index (χ2n) is 3.06. The zero-order valence-corrected chi connectivity index (χ0v) is 9.79. The minimum Gasteiger partial charge on any atom is -0.545 e. The first-order valence-electron chi connectivity index (χ1n) is 3.97. The van der Waals surface area contributed by atoms with Gasteiger partial charge >= 0.3 is 37.7 Å². The van der Waals surface area contributed by atoms with E-state index in [0.29, 0.717) is 11.1 Å². The molecule has 0 radical (unpaired) electrons. The van der Waals surface area contributed by atoms with Crippen LogP contribution in [0.5, 0.6) is 0 Å². The molecule has 1 aromatic carbocycles. The fourth-order valence-electron chi connectivity index (χ4n) is 1.26. The Morgan fingerprint density at radius 1 is 0.875 bits per heavy atom. The molecule has 6 heteroatoms. The molecule has 0 aromatic heterocycles. The molecule has 0 bridgehead atoms. The van der Waals surface area contributed by atoms with E-state index in [1.165, 1.54) is 26.0 Å². The first-order chi connectivity index (χ1) is 6.43. The van der Waals surface area contributed by atoms with E-state index < -0.39 is 11.9 Å². The number of carboxylic acid groups (broad SMARTS) is 2. The summed E-state index contributed by atoms with van der Waals surface area (Å²) >= 11 is 0. The van der Waals surface area contributed by atoms with Crippen LogP contribution in [-0.2, 0) is 0 Å². The Kier molecular flexibility index (Phi) is 7.58. The van der Waals surface area contributed by atoms with Crippen molar-refractivity contribution in [3.63, 3.8) is 0 Å². The topological polar surface area (TPSA) is 80.3 Å². The van der Waals surface area contributed by atoms with E-state index in [0.717, 1.165) is 0 Å². The minimum absolute atomic E-state index is 0. The van der Waals surface area contributed by atoms with Crippen molar-refractivity contribution in [2.24, 2.45) is 0 Å². The Morgan fingerprint density at radius 2 is 1.12 bits per heavy atom. The van der Waals surface area contributed by atoms with Crippen LogP contribution < -0.4 is 47.9 Å². The smallest absolute Gasteiger partial charge is 0.545 e. The van der Waals surface area contributed by atoms with Crippen molar-refractivity contribution in [3.8, 4) is 0 Å². The Balaban J connectivity index is 0. The van der Waals surface area contributed by atoms with E-state index in [4.69, 9.17) is 0 Å². The average molecular weight is 206 g/mol. The van der Waals surface area contributed by atoms with Gasteiger partial charge < -0.3 is 19.8 Å². The summed E-state index contributed by atoms with van der Waals surface area (Å²) in [5.74, 6) is -2.62. The molecule has 0 aliphatic heterocycles. The van der Waals surface area contributed by atoms with Gasteiger partial charge in [0.15, 0.2) is 0 Å². The number of carboxylic acids is 2. The van der Waals surface area contributed by atoms with Crippen molar-refractivity contribution < 1.29 is 57.5 Å². The summed E-state index contributed by atoms with van der Waals surface area (Å²) in [5, 5.41) is 21.2. The molecule has 74 valence electrons. The van der Waals surface area contributed by atoms with Crippen LogP contribution in [0.15, 0.2) is 12.1 Å². The van der Waals surface area contributed by atoms with E-state index in [1.807, 2.05) is 0 Å². The normalized spacial score (nSPS) is 8.62. The second-order valence-corrected chi connectivity index (χ2v) is 3.06. The third-order valence-electron chi connectivity index (χ3n) is 2.01. The van der Waals surface area contributed by atoms with Crippen LogP contribution in [0, 0.1) is 13.8 Å². The van der Waals surface area contributed by atoms with Crippen LogP contribution >= 0.6 is 0 Å². The maximum Gasteiger partial charge on any atom is 1.00 e. The van der Waals surface area contributed by atoms with Crippen molar-refractivity contribution in [2.45, 2.75) is 13.8 Å². The number of aryl methyl sites for hydroxylation is 2. The molecule has 0 amide bonds. The first kappa shape index (κ1) is 17.7. The molecule has 4 nitrogen and oxygen atoms in total. The van der Waals surface area contributed by atoms with E-state index in [9.17, 15) is 19.8 Å². The maximum absolute atomic E-state index is 10.6. The molecule has 1 rings (SSSR count). The van der Waals surface area contributed by atoms with Gasteiger partial charge in [0, 0.05) is 11.1 Å². The largest absolute Gasteiger partial charge is 1.00 e. The van der Waals surface area contributed by atoms with E-state index in [2.05, 4.69) is 0 Å². The maximum atomic E-state index is 10.6. The molecule has 0 saturated heterocycles. The predicted octanol–water partition coefficient (Wildman–Crippen LogP) is -6.96. The van der Waals surface area contributed by atoms with E-state index in [-0.39, 0.29) is 48.8 Å². The molecule has 0 spiro atoms. The average Bonchev–Trinajstić information content (AvgIpc) is 2.07. The number of carbonyl (C=O) groups is 2. The van der Waals surface area contributed by atoms with Gasteiger partial charge in [-0.25, -0.2) is 0 Å². The zero-order valence-electron chi connectivity index (χ0n) is 9.79. The SMILES string of the molecule is Cc1cc(C(=O)[O-])c(C)cc1C(=O)[O-].[Li+].[Li+]. The minimum atomic E-state index is -1.31. The van der Waals surface area contributed by atoms with Gasteiger partial charge in [-0.05, 0) is 37.1 Å². The molecule has 0 fully saturated rings. The van der Waals surface area contributed by atoms with Crippen LogP contribution in [0.3, 0.4) is 0 Å². The van der Waals surface area contributed by atoms with Gasteiger partial charge in [0.05, 0.1) is 11.9 Å². The molecule has 0 aliphatic rings. The number of hydrogen-bond acceptors (Lipinski definition) is 4. The summed E-state index contributed by atoms with van der Waals surface area (Å²) in [7, 11) is 0. The third-order valence-corrected chi connectivity index (χ3v) is 2.01. The van der Waals surface area contributed by atoms with Gasteiger partial charge in [-0.15, -0.1) is 0 Å². The molecular formula is C10H8Li2O4. The van der Waals surface area contributed by atoms with Crippen LogP contribution in [-0.4, -0.2) is 11.9 Å². The summed E-state index contributed by atoms with van der Waals surface area (Å²) in [6, 6.07) is 2.55. The Labute approximate surface area is 117 Å². The molecule has 0 aliphatic carbocycles. The van der Waals surface area contributed by atoms with Crippen molar-refractivity contribution >= 4 is 11.9 Å². The molecular weight excluding hydrogens is 198 g/mol. The molecule has 1 aromatic rings. The Bertz CT molecular complexity index is 376.